The van der Waals surface area contributed by atoms with Gasteiger partial charge in [-0.3, -0.25) is 9.36 Å². The number of fused-ring (bicyclic) bond motifs is 1. The number of nitrogens with one attached hydrogen (secondary N) is 1. The summed E-state index contributed by atoms with van der Waals surface area (Å²) in [6.45, 7) is 4.79. The van der Waals surface area contributed by atoms with E-state index in [-0.39, 0.29) is 40.4 Å². The van der Waals surface area contributed by atoms with Gasteiger partial charge in [0.05, 0.1) is 22.9 Å². The number of rotatable bonds is 9. The van der Waals surface area contributed by atoms with E-state index in [0.717, 1.165) is 19.4 Å². The van der Waals surface area contributed by atoms with E-state index in [2.05, 4.69) is 15.0 Å². The zero-order valence-corrected chi connectivity index (χ0v) is 25.7. The van der Waals surface area contributed by atoms with Gasteiger partial charge >= 0.3 is 5.69 Å². The number of anilines is 1. The molecule has 3 aromatic rings. The SMILES string of the molecule is CC[C@H]1O[C@@H](n2ccc(NC(=O)c3ccccc3)nc2=O)[C@@H](O[P@@]2O[C@H](CS(=O)(=O)c3ccccc3)[C@@H]3CCCN32)C1C. The molecule has 0 radical (unpaired) electrons. The van der Waals surface area contributed by atoms with Gasteiger partial charge in [0.1, 0.15) is 11.9 Å². The number of carbonyl (C=O) groups is 1. The molecule has 43 heavy (non-hydrogen) atoms. The highest BCUT2D eigenvalue weighted by Gasteiger charge is 2.52. The second kappa shape index (κ2) is 12.6. The molecule has 4 heterocycles. The van der Waals surface area contributed by atoms with Gasteiger partial charge in [-0.25, -0.2) is 17.9 Å². The largest absolute Gasteiger partial charge is 0.351 e. The summed E-state index contributed by atoms with van der Waals surface area (Å²) in [5.41, 5.74) is -0.130. The third-order valence-electron chi connectivity index (χ3n) is 8.32. The molecule has 3 fully saturated rings. The lowest BCUT2D eigenvalue weighted by Crippen LogP contribution is -2.35. The monoisotopic (exact) mass is 626 g/mol. The molecular weight excluding hydrogens is 591 g/mol. The number of nitrogens with zero attached hydrogens (tertiary/aromatic N) is 3. The summed E-state index contributed by atoms with van der Waals surface area (Å²) >= 11 is 0. The van der Waals surface area contributed by atoms with E-state index >= 15 is 0 Å². The summed E-state index contributed by atoms with van der Waals surface area (Å²) in [6.07, 6.45) is 2.04. The van der Waals surface area contributed by atoms with E-state index in [4.69, 9.17) is 13.8 Å². The molecule has 7 atom stereocenters. The van der Waals surface area contributed by atoms with Crippen LogP contribution in [0, 0.1) is 5.92 Å². The van der Waals surface area contributed by atoms with Gasteiger partial charge in [-0.05, 0) is 49.6 Å². The first-order valence-corrected chi connectivity index (χ1v) is 17.3. The van der Waals surface area contributed by atoms with Crippen LogP contribution in [-0.4, -0.2) is 65.2 Å². The average Bonchev–Trinajstić information content (AvgIpc) is 3.70. The highest BCUT2D eigenvalue weighted by Crippen LogP contribution is 2.58. The molecule has 3 aliphatic rings. The number of hydrogen-bond acceptors (Lipinski definition) is 9. The van der Waals surface area contributed by atoms with E-state index in [0.29, 0.717) is 12.0 Å². The van der Waals surface area contributed by atoms with Crippen LogP contribution in [0.25, 0.3) is 0 Å². The van der Waals surface area contributed by atoms with Crippen molar-refractivity contribution >= 4 is 30.1 Å². The number of sulfone groups is 1. The summed E-state index contributed by atoms with van der Waals surface area (Å²) in [5, 5.41) is 2.67. The second-order valence-electron chi connectivity index (χ2n) is 11.1. The minimum Gasteiger partial charge on any atom is -0.351 e. The van der Waals surface area contributed by atoms with Crippen molar-refractivity contribution in [3.05, 3.63) is 89.0 Å². The van der Waals surface area contributed by atoms with Crippen LogP contribution in [0.2, 0.25) is 0 Å². The molecule has 0 saturated carbocycles. The van der Waals surface area contributed by atoms with Crippen LogP contribution >= 0.6 is 8.53 Å². The normalized spacial score (nSPS) is 29.0. The van der Waals surface area contributed by atoms with Crippen molar-refractivity contribution in [2.24, 2.45) is 5.92 Å². The number of aromatic nitrogens is 2. The van der Waals surface area contributed by atoms with E-state index < -0.39 is 42.5 Å². The molecule has 11 nitrogen and oxygen atoms in total. The van der Waals surface area contributed by atoms with Crippen molar-refractivity contribution in [3.63, 3.8) is 0 Å². The summed E-state index contributed by atoms with van der Waals surface area (Å²) < 4.78 is 49.3. The van der Waals surface area contributed by atoms with Crippen molar-refractivity contribution in [2.75, 3.05) is 17.6 Å². The number of hydrogen-bond donors (Lipinski definition) is 1. The predicted molar refractivity (Wildman–Crippen MR) is 161 cm³/mol. The first-order valence-electron chi connectivity index (χ1n) is 14.5. The molecule has 1 aromatic heterocycles. The zero-order chi connectivity index (χ0) is 30.1. The minimum atomic E-state index is -3.55. The van der Waals surface area contributed by atoms with E-state index in [1.165, 1.54) is 4.57 Å². The Kier molecular flexibility index (Phi) is 8.77. The molecule has 1 N–H and O–H groups in total. The molecule has 3 aliphatic heterocycles. The molecule has 1 amide bonds. The van der Waals surface area contributed by atoms with Crippen molar-refractivity contribution < 1.29 is 27.0 Å². The molecule has 228 valence electrons. The van der Waals surface area contributed by atoms with Crippen molar-refractivity contribution in [1.29, 1.82) is 0 Å². The number of amides is 1. The van der Waals surface area contributed by atoms with Crippen LogP contribution in [0.3, 0.4) is 0 Å². The Morgan fingerprint density at radius 3 is 2.51 bits per heavy atom. The summed E-state index contributed by atoms with van der Waals surface area (Å²) in [5.74, 6) is -0.430. The fourth-order valence-electron chi connectivity index (χ4n) is 6.02. The average molecular weight is 627 g/mol. The van der Waals surface area contributed by atoms with Gasteiger partial charge in [-0.15, -0.1) is 0 Å². The maximum absolute atomic E-state index is 13.2. The standard InChI is InChI=1S/C30H35N4O7PS/c1-3-24-20(2)27(29(39-24)33-18-16-26(32-30(33)36)31-28(35)21-11-6-4-7-12-21)41-42-34-17-10-15-23(34)25(40-42)19-43(37,38)22-13-8-5-9-14-22/h4-9,11-14,16,18,20,23-25,27,29H,3,10,15,17,19H2,1-2H3,(H,31,32,35,36)/t20?,23-,24+,25+,27-,29+,42+/m0/s1. The highest BCUT2D eigenvalue weighted by molar-refractivity contribution is 7.91. The molecule has 0 spiro atoms. The first-order chi connectivity index (χ1) is 20.7. The van der Waals surface area contributed by atoms with Crippen LogP contribution in [0.1, 0.15) is 49.7 Å². The minimum absolute atomic E-state index is 0.0560. The van der Waals surface area contributed by atoms with Crippen molar-refractivity contribution in [1.82, 2.24) is 14.2 Å². The fraction of sp³-hybridized carbons (Fsp3) is 0.433. The molecule has 6 rings (SSSR count). The number of ether oxygens (including phenoxy) is 1. The van der Waals surface area contributed by atoms with Gasteiger partial charge in [0.2, 0.25) is 0 Å². The summed E-state index contributed by atoms with van der Waals surface area (Å²) in [4.78, 5) is 30.2. The zero-order valence-electron chi connectivity index (χ0n) is 24.0. The molecule has 2 aromatic carbocycles. The van der Waals surface area contributed by atoms with Crippen LogP contribution < -0.4 is 11.0 Å². The van der Waals surface area contributed by atoms with Gasteiger partial charge < -0.3 is 19.1 Å². The van der Waals surface area contributed by atoms with E-state index in [1.807, 2.05) is 19.9 Å². The van der Waals surface area contributed by atoms with E-state index in [9.17, 15) is 18.0 Å². The summed E-state index contributed by atoms with van der Waals surface area (Å²) in [6, 6.07) is 18.6. The highest BCUT2D eigenvalue weighted by atomic mass is 32.2. The van der Waals surface area contributed by atoms with Crippen LogP contribution in [0.5, 0.6) is 0 Å². The first kappa shape index (κ1) is 30.1. The Hall–Kier alpha value is -2.99. The number of carbonyl (C=O) groups excluding carboxylic acids is 1. The molecule has 0 aliphatic carbocycles. The van der Waals surface area contributed by atoms with Gasteiger partial charge in [0.25, 0.3) is 14.4 Å². The maximum atomic E-state index is 13.2. The van der Waals surface area contributed by atoms with Crippen molar-refractivity contribution in [2.45, 2.75) is 68.6 Å². The molecule has 13 heteroatoms. The Bertz CT molecular complexity index is 1610. The van der Waals surface area contributed by atoms with Crippen LogP contribution in [0.15, 0.2) is 82.6 Å². The molecule has 1 unspecified atom stereocenters. The quantitative estimate of drug-likeness (QED) is 0.344. The number of benzene rings is 2. The lowest BCUT2D eigenvalue weighted by Gasteiger charge is -2.28. The fourth-order valence-corrected chi connectivity index (χ4v) is 9.66. The Balaban J connectivity index is 1.20. The van der Waals surface area contributed by atoms with Gasteiger partial charge in [0.15, 0.2) is 16.1 Å². The predicted octanol–water partition coefficient (Wildman–Crippen LogP) is 4.39. The van der Waals surface area contributed by atoms with Gasteiger partial charge in [0, 0.05) is 30.3 Å². The lowest BCUT2D eigenvalue weighted by molar-refractivity contribution is -0.0353. The third-order valence-corrected chi connectivity index (χ3v) is 11.9. The van der Waals surface area contributed by atoms with Crippen LogP contribution in [0.4, 0.5) is 5.82 Å². The topological polar surface area (TPSA) is 129 Å². The summed E-state index contributed by atoms with van der Waals surface area (Å²) in [7, 11) is -5.13. The van der Waals surface area contributed by atoms with E-state index in [1.54, 1.807) is 66.9 Å². The molecule has 3 saturated heterocycles. The molecular formula is C30H35N4O7PS. The third kappa shape index (κ3) is 6.18. The molecule has 0 bridgehead atoms. The lowest BCUT2D eigenvalue weighted by atomic mass is 9.99. The van der Waals surface area contributed by atoms with Crippen LogP contribution in [-0.2, 0) is 23.6 Å². The Labute approximate surface area is 252 Å². The van der Waals surface area contributed by atoms with Crippen molar-refractivity contribution in [3.8, 4) is 0 Å². The Morgan fingerprint density at radius 1 is 1.09 bits per heavy atom. The Morgan fingerprint density at radius 2 is 1.81 bits per heavy atom. The second-order valence-corrected chi connectivity index (χ2v) is 14.5. The van der Waals surface area contributed by atoms with Gasteiger partial charge in [-0.1, -0.05) is 50.2 Å². The maximum Gasteiger partial charge on any atom is 0.351 e. The van der Waals surface area contributed by atoms with Gasteiger partial charge in [-0.2, -0.15) is 4.98 Å². The smallest absolute Gasteiger partial charge is 0.351 e.